The fourth-order valence-corrected chi connectivity index (χ4v) is 3.52. The second-order valence-electron chi connectivity index (χ2n) is 7.68. The summed E-state index contributed by atoms with van der Waals surface area (Å²) in [5.74, 6) is 0.343. The van der Waals surface area contributed by atoms with Crippen molar-refractivity contribution in [2.45, 2.75) is 90.4 Å². The van der Waals surface area contributed by atoms with Gasteiger partial charge >= 0.3 is 0 Å². The third kappa shape index (κ3) is 18.1. The molecule has 0 N–H and O–H groups in total. The smallest absolute Gasteiger partial charge is 0.140 e. The first kappa shape index (κ1) is 22.9. The van der Waals surface area contributed by atoms with Crippen LogP contribution in [0.2, 0.25) is 0 Å². The summed E-state index contributed by atoms with van der Waals surface area (Å²) in [5.41, 5.74) is 0. The van der Waals surface area contributed by atoms with E-state index in [-0.39, 0.29) is 0 Å². The zero-order valence-electron chi connectivity index (χ0n) is 16.0. The molecule has 0 aliphatic carbocycles. The number of quaternary nitrogens is 1. The Morgan fingerprint density at radius 1 is 0.609 bits per heavy atom. The van der Waals surface area contributed by atoms with Crippen molar-refractivity contribution >= 4 is 10.7 Å². The molecule has 0 saturated heterocycles. The average molecular weight is 349 g/mol. The van der Waals surface area contributed by atoms with E-state index in [0.29, 0.717) is 5.75 Å². The lowest BCUT2D eigenvalue weighted by Gasteiger charge is -2.29. The Morgan fingerprint density at radius 2 is 1.00 bits per heavy atom. The second kappa shape index (κ2) is 15.4. The quantitative estimate of drug-likeness (QED) is 0.233. The lowest BCUT2D eigenvalue weighted by Crippen LogP contribution is -2.41. The largest absolute Gasteiger partial charge is 0.328 e. The van der Waals surface area contributed by atoms with Crippen molar-refractivity contribution in [3.05, 3.63) is 0 Å². The maximum Gasteiger partial charge on any atom is 0.140 e. The van der Waals surface area contributed by atoms with Gasteiger partial charge in [-0.2, -0.15) is 0 Å². The van der Waals surface area contributed by atoms with E-state index in [0.717, 1.165) is 17.4 Å². The van der Waals surface area contributed by atoms with Gasteiger partial charge in [0.2, 0.25) is 0 Å². The lowest BCUT2D eigenvalue weighted by atomic mass is 10.1. The van der Waals surface area contributed by atoms with Gasteiger partial charge in [-0.15, -0.1) is 0 Å². The number of unbranched alkanes of at least 4 members (excludes halogenated alkanes) is 11. The molecule has 0 saturated carbocycles. The molecule has 140 valence electrons. The SMILES string of the molecule is CCCCCCCCCCCCCC[N+](C)(C)CCC[SH](=O)=O. The van der Waals surface area contributed by atoms with E-state index in [2.05, 4.69) is 21.0 Å². The van der Waals surface area contributed by atoms with Crippen LogP contribution >= 0.6 is 0 Å². The summed E-state index contributed by atoms with van der Waals surface area (Å²) < 4.78 is 22.1. The average Bonchev–Trinajstić information content (AvgIpc) is 2.47. The summed E-state index contributed by atoms with van der Waals surface area (Å²) >= 11 is 0. The van der Waals surface area contributed by atoms with Crippen molar-refractivity contribution in [1.82, 2.24) is 0 Å². The Balaban J connectivity index is 3.31. The van der Waals surface area contributed by atoms with Gasteiger partial charge in [-0.3, -0.25) is 0 Å². The van der Waals surface area contributed by atoms with E-state index in [9.17, 15) is 8.42 Å². The van der Waals surface area contributed by atoms with Gasteiger partial charge in [0.05, 0.1) is 32.9 Å². The zero-order valence-corrected chi connectivity index (χ0v) is 16.9. The summed E-state index contributed by atoms with van der Waals surface area (Å²) in [7, 11) is 2.24. The van der Waals surface area contributed by atoms with E-state index >= 15 is 0 Å². The van der Waals surface area contributed by atoms with Crippen LogP contribution in [-0.2, 0) is 10.7 Å². The monoisotopic (exact) mass is 348 g/mol. The molecule has 0 atom stereocenters. The molecule has 0 aromatic heterocycles. The highest BCUT2D eigenvalue weighted by atomic mass is 32.2. The van der Waals surface area contributed by atoms with Gasteiger partial charge < -0.3 is 4.48 Å². The van der Waals surface area contributed by atoms with Crippen molar-refractivity contribution < 1.29 is 12.9 Å². The van der Waals surface area contributed by atoms with Gasteiger partial charge in [-0.05, 0) is 12.8 Å². The summed E-state index contributed by atoms with van der Waals surface area (Å²) in [5, 5.41) is 0. The molecule has 0 aromatic carbocycles. The van der Waals surface area contributed by atoms with Crippen LogP contribution in [0.1, 0.15) is 90.4 Å². The zero-order chi connectivity index (χ0) is 17.4. The molecule has 0 aromatic rings. The standard InChI is InChI=1S/C19H42NO2S/c1-4-5-6-7-8-9-10-11-12-13-14-15-17-20(2,3)18-16-19-23(21)22/h23H,4-19H2,1-3H3/q+1. The molecule has 0 aliphatic heterocycles. The van der Waals surface area contributed by atoms with Crippen LogP contribution in [0.3, 0.4) is 0 Å². The molecule has 0 heterocycles. The van der Waals surface area contributed by atoms with E-state index < -0.39 is 10.7 Å². The molecular formula is C19H42NO2S+. The Bertz CT molecular complexity index is 319. The molecule has 4 heteroatoms. The third-order valence-corrected chi connectivity index (χ3v) is 5.40. The molecule has 0 fully saturated rings. The first-order valence-electron chi connectivity index (χ1n) is 9.92. The molecule has 0 unspecified atom stereocenters. The van der Waals surface area contributed by atoms with Crippen LogP contribution in [0.5, 0.6) is 0 Å². The van der Waals surface area contributed by atoms with Gasteiger partial charge in [0.15, 0.2) is 0 Å². The highest BCUT2D eigenvalue weighted by Gasteiger charge is 2.13. The van der Waals surface area contributed by atoms with Crippen LogP contribution in [0.25, 0.3) is 0 Å². The van der Waals surface area contributed by atoms with E-state index in [1.165, 1.54) is 83.6 Å². The van der Waals surface area contributed by atoms with Crippen molar-refractivity contribution in [1.29, 1.82) is 0 Å². The number of thiol groups is 1. The minimum Gasteiger partial charge on any atom is -0.328 e. The Labute approximate surface area is 147 Å². The Morgan fingerprint density at radius 3 is 1.43 bits per heavy atom. The highest BCUT2D eigenvalue weighted by molar-refractivity contribution is 7.72. The molecule has 0 radical (unpaired) electrons. The Hall–Kier alpha value is -0.0900. The van der Waals surface area contributed by atoms with Crippen molar-refractivity contribution in [3.8, 4) is 0 Å². The highest BCUT2D eigenvalue weighted by Crippen LogP contribution is 2.12. The molecule has 0 aliphatic rings. The van der Waals surface area contributed by atoms with Crippen LogP contribution in [0, 0.1) is 0 Å². The van der Waals surface area contributed by atoms with Crippen LogP contribution in [-0.4, -0.2) is 45.8 Å². The van der Waals surface area contributed by atoms with Gasteiger partial charge in [0, 0.05) is 6.42 Å². The summed E-state index contributed by atoms with van der Waals surface area (Å²) in [4.78, 5) is 0. The first-order valence-corrected chi connectivity index (χ1v) is 11.3. The first-order chi connectivity index (χ1) is 11.0. The normalized spacial score (nSPS) is 12.2. The molecular weight excluding hydrogens is 306 g/mol. The molecule has 0 bridgehead atoms. The van der Waals surface area contributed by atoms with E-state index in [1.807, 2.05) is 0 Å². The van der Waals surface area contributed by atoms with Gasteiger partial charge in [-0.25, -0.2) is 8.42 Å². The predicted molar refractivity (Wildman–Crippen MR) is 103 cm³/mol. The fourth-order valence-electron chi connectivity index (χ4n) is 3.12. The number of rotatable bonds is 17. The topological polar surface area (TPSA) is 34.1 Å². The minimum atomic E-state index is -2.19. The van der Waals surface area contributed by atoms with Crippen LogP contribution in [0.4, 0.5) is 0 Å². The maximum atomic E-state index is 10.6. The lowest BCUT2D eigenvalue weighted by molar-refractivity contribution is -0.890. The van der Waals surface area contributed by atoms with Crippen molar-refractivity contribution in [2.75, 3.05) is 32.9 Å². The van der Waals surface area contributed by atoms with Crippen LogP contribution in [0.15, 0.2) is 0 Å². The van der Waals surface area contributed by atoms with Crippen LogP contribution < -0.4 is 0 Å². The summed E-state index contributed by atoms with van der Waals surface area (Å²) in [6.45, 7) is 4.42. The summed E-state index contributed by atoms with van der Waals surface area (Å²) in [6, 6.07) is 0. The summed E-state index contributed by atoms with van der Waals surface area (Å²) in [6.07, 6.45) is 17.4. The molecule has 0 amide bonds. The van der Waals surface area contributed by atoms with Crippen molar-refractivity contribution in [2.24, 2.45) is 0 Å². The molecule has 3 nitrogen and oxygen atoms in total. The predicted octanol–water partition coefficient (Wildman–Crippen LogP) is 4.77. The number of hydrogen-bond donors (Lipinski definition) is 1. The van der Waals surface area contributed by atoms with E-state index in [4.69, 9.17) is 0 Å². The van der Waals surface area contributed by atoms with Crippen molar-refractivity contribution in [3.63, 3.8) is 0 Å². The molecule has 23 heavy (non-hydrogen) atoms. The fraction of sp³-hybridized carbons (Fsp3) is 1.00. The number of hydrogen-bond acceptors (Lipinski definition) is 2. The van der Waals surface area contributed by atoms with E-state index in [1.54, 1.807) is 0 Å². The minimum absolute atomic E-state index is 0.343. The Kier molecular flexibility index (Phi) is 15.4. The number of nitrogens with zero attached hydrogens (tertiary/aromatic N) is 1. The van der Waals surface area contributed by atoms with Gasteiger partial charge in [0.25, 0.3) is 0 Å². The second-order valence-corrected chi connectivity index (χ2v) is 8.79. The van der Waals surface area contributed by atoms with Gasteiger partial charge in [-0.1, -0.05) is 71.1 Å². The molecule has 0 rings (SSSR count). The maximum absolute atomic E-state index is 10.6. The third-order valence-electron chi connectivity index (χ3n) is 4.72. The van der Waals surface area contributed by atoms with Gasteiger partial charge in [0.1, 0.15) is 10.7 Å². The molecule has 0 spiro atoms.